The van der Waals surface area contributed by atoms with Crippen molar-refractivity contribution in [2.45, 2.75) is 26.5 Å². The van der Waals surface area contributed by atoms with Crippen molar-refractivity contribution in [2.24, 2.45) is 0 Å². The first-order chi connectivity index (χ1) is 10.1. The van der Waals surface area contributed by atoms with Crippen molar-refractivity contribution in [3.8, 4) is 5.75 Å². The highest BCUT2D eigenvalue weighted by atomic mass is 16.5. The number of nitrogens with one attached hydrogen (secondary N) is 1. The SMILES string of the molecule is Cc1cccc(OCC(O)CNCc2cccc(C)n2)c1. The molecular formula is C17H22N2O2. The molecule has 1 unspecified atom stereocenters. The van der Waals surface area contributed by atoms with Crippen molar-refractivity contribution in [3.63, 3.8) is 0 Å². The molecular weight excluding hydrogens is 264 g/mol. The van der Waals surface area contributed by atoms with E-state index in [2.05, 4.69) is 10.3 Å². The van der Waals surface area contributed by atoms with Gasteiger partial charge in [0, 0.05) is 18.8 Å². The van der Waals surface area contributed by atoms with Crippen LogP contribution in [0.25, 0.3) is 0 Å². The van der Waals surface area contributed by atoms with E-state index in [0.717, 1.165) is 22.7 Å². The van der Waals surface area contributed by atoms with Crippen LogP contribution in [0.2, 0.25) is 0 Å². The van der Waals surface area contributed by atoms with Crippen LogP contribution < -0.4 is 10.1 Å². The van der Waals surface area contributed by atoms with E-state index >= 15 is 0 Å². The summed E-state index contributed by atoms with van der Waals surface area (Å²) in [4.78, 5) is 4.40. The second-order valence-electron chi connectivity index (χ2n) is 5.18. The number of nitrogens with zero attached hydrogens (tertiary/aromatic N) is 1. The third-order valence-electron chi connectivity index (χ3n) is 3.06. The van der Waals surface area contributed by atoms with Gasteiger partial charge in [0.25, 0.3) is 0 Å². The van der Waals surface area contributed by atoms with E-state index in [1.54, 1.807) is 0 Å². The molecule has 0 amide bonds. The number of aliphatic hydroxyl groups excluding tert-OH is 1. The minimum atomic E-state index is -0.546. The summed E-state index contributed by atoms with van der Waals surface area (Å²) in [5.74, 6) is 0.786. The fourth-order valence-electron chi connectivity index (χ4n) is 2.02. The second-order valence-corrected chi connectivity index (χ2v) is 5.18. The van der Waals surface area contributed by atoms with Gasteiger partial charge in [-0.2, -0.15) is 0 Å². The van der Waals surface area contributed by atoms with Gasteiger partial charge in [0.15, 0.2) is 0 Å². The maximum Gasteiger partial charge on any atom is 0.119 e. The predicted octanol–water partition coefficient (Wildman–Crippen LogP) is 2.23. The fourth-order valence-corrected chi connectivity index (χ4v) is 2.02. The summed E-state index contributed by atoms with van der Waals surface area (Å²) >= 11 is 0. The highest BCUT2D eigenvalue weighted by molar-refractivity contribution is 5.27. The molecule has 2 rings (SSSR count). The summed E-state index contributed by atoms with van der Waals surface area (Å²) in [5, 5.41) is 13.1. The van der Waals surface area contributed by atoms with E-state index in [-0.39, 0.29) is 6.61 Å². The molecule has 0 aliphatic heterocycles. The van der Waals surface area contributed by atoms with Crippen LogP contribution in [-0.2, 0) is 6.54 Å². The zero-order valence-corrected chi connectivity index (χ0v) is 12.5. The zero-order chi connectivity index (χ0) is 15.1. The van der Waals surface area contributed by atoms with Gasteiger partial charge >= 0.3 is 0 Å². The van der Waals surface area contributed by atoms with Crippen LogP contribution in [0.5, 0.6) is 5.75 Å². The molecule has 2 N–H and O–H groups in total. The largest absolute Gasteiger partial charge is 0.491 e. The average Bonchev–Trinajstić information content (AvgIpc) is 2.45. The Bertz CT molecular complexity index is 572. The fraction of sp³-hybridized carbons (Fsp3) is 0.353. The lowest BCUT2D eigenvalue weighted by molar-refractivity contribution is 0.106. The molecule has 0 radical (unpaired) electrons. The Morgan fingerprint density at radius 3 is 2.76 bits per heavy atom. The van der Waals surface area contributed by atoms with E-state index in [0.29, 0.717) is 13.1 Å². The molecule has 0 saturated heterocycles. The van der Waals surface area contributed by atoms with Gasteiger partial charge in [-0.15, -0.1) is 0 Å². The van der Waals surface area contributed by atoms with Gasteiger partial charge in [-0.05, 0) is 43.7 Å². The molecule has 0 bridgehead atoms. The Morgan fingerprint density at radius 2 is 2.00 bits per heavy atom. The number of hydrogen-bond donors (Lipinski definition) is 2. The first-order valence-corrected chi connectivity index (χ1v) is 7.14. The van der Waals surface area contributed by atoms with Gasteiger partial charge in [-0.25, -0.2) is 0 Å². The summed E-state index contributed by atoms with van der Waals surface area (Å²) in [6.45, 7) is 5.37. The molecule has 21 heavy (non-hydrogen) atoms. The summed E-state index contributed by atoms with van der Waals surface area (Å²) in [5.41, 5.74) is 3.12. The molecule has 112 valence electrons. The summed E-state index contributed by atoms with van der Waals surface area (Å²) in [7, 11) is 0. The van der Waals surface area contributed by atoms with Crippen LogP contribution in [-0.4, -0.2) is 29.3 Å². The predicted molar refractivity (Wildman–Crippen MR) is 83.4 cm³/mol. The molecule has 1 heterocycles. The minimum Gasteiger partial charge on any atom is -0.491 e. The van der Waals surface area contributed by atoms with E-state index < -0.39 is 6.10 Å². The van der Waals surface area contributed by atoms with Gasteiger partial charge in [0.2, 0.25) is 0 Å². The van der Waals surface area contributed by atoms with E-state index in [9.17, 15) is 5.11 Å². The number of hydrogen-bond acceptors (Lipinski definition) is 4. The van der Waals surface area contributed by atoms with Crippen molar-refractivity contribution in [1.82, 2.24) is 10.3 Å². The molecule has 4 heteroatoms. The summed E-state index contributed by atoms with van der Waals surface area (Å²) < 4.78 is 5.56. The lowest BCUT2D eigenvalue weighted by atomic mass is 10.2. The number of ether oxygens (including phenoxy) is 1. The maximum absolute atomic E-state index is 9.90. The summed E-state index contributed by atoms with van der Waals surface area (Å²) in [6.07, 6.45) is -0.546. The van der Waals surface area contributed by atoms with Crippen molar-refractivity contribution in [1.29, 1.82) is 0 Å². The first-order valence-electron chi connectivity index (χ1n) is 7.14. The number of aliphatic hydroxyl groups is 1. The molecule has 4 nitrogen and oxygen atoms in total. The Balaban J connectivity index is 1.69. The normalized spacial score (nSPS) is 12.1. The van der Waals surface area contributed by atoms with Crippen molar-refractivity contribution >= 4 is 0 Å². The Labute approximate surface area is 125 Å². The minimum absolute atomic E-state index is 0.275. The number of rotatable bonds is 7. The third kappa shape index (κ3) is 5.53. The van der Waals surface area contributed by atoms with Gasteiger partial charge in [-0.1, -0.05) is 18.2 Å². The molecule has 1 atom stereocenters. The van der Waals surface area contributed by atoms with Gasteiger partial charge < -0.3 is 15.2 Å². The lowest BCUT2D eigenvalue weighted by Crippen LogP contribution is -2.31. The number of pyridine rings is 1. The van der Waals surface area contributed by atoms with Gasteiger partial charge in [-0.3, -0.25) is 4.98 Å². The Kier molecular flexibility index (Phi) is 5.72. The van der Waals surface area contributed by atoms with Crippen molar-refractivity contribution < 1.29 is 9.84 Å². The molecule has 0 aliphatic carbocycles. The average molecular weight is 286 g/mol. The van der Waals surface area contributed by atoms with Crippen LogP contribution in [0.1, 0.15) is 17.0 Å². The van der Waals surface area contributed by atoms with Gasteiger partial charge in [0.05, 0.1) is 5.69 Å². The molecule has 0 saturated carbocycles. The quantitative estimate of drug-likeness (QED) is 0.819. The van der Waals surface area contributed by atoms with Crippen molar-refractivity contribution in [2.75, 3.05) is 13.2 Å². The Morgan fingerprint density at radius 1 is 1.19 bits per heavy atom. The third-order valence-corrected chi connectivity index (χ3v) is 3.06. The molecule has 0 spiro atoms. The van der Waals surface area contributed by atoms with Crippen LogP contribution in [0, 0.1) is 13.8 Å². The van der Waals surface area contributed by atoms with E-state index in [4.69, 9.17) is 4.74 Å². The van der Waals surface area contributed by atoms with Crippen LogP contribution in [0.3, 0.4) is 0 Å². The number of benzene rings is 1. The monoisotopic (exact) mass is 286 g/mol. The van der Waals surface area contributed by atoms with Crippen LogP contribution >= 0.6 is 0 Å². The van der Waals surface area contributed by atoms with Crippen LogP contribution in [0.4, 0.5) is 0 Å². The van der Waals surface area contributed by atoms with Crippen LogP contribution in [0.15, 0.2) is 42.5 Å². The smallest absolute Gasteiger partial charge is 0.119 e. The molecule has 1 aromatic carbocycles. The maximum atomic E-state index is 9.90. The van der Waals surface area contributed by atoms with Crippen molar-refractivity contribution in [3.05, 3.63) is 59.4 Å². The zero-order valence-electron chi connectivity index (χ0n) is 12.5. The second kappa shape index (κ2) is 7.76. The van der Waals surface area contributed by atoms with E-state index in [1.807, 2.05) is 56.3 Å². The number of aryl methyl sites for hydroxylation is 2. The molecule has 1 aromatic heterocycles. The Hall–Kier alpha value is -1.91. The molecule has 2 aromatic rings. The summed E-state index contributed by atoms with van der Waals surface area (Å²) in [6, 6.07) is 13.7. The van der Waals surface area contributed by atoms with Gasteiger partial charge in [0.1, 0.15) is 18.5 Å². The van der Waals surface area contributed by atoms with E-state index in [1.165, 1.54) is 0 Å². The topological polar surface area (TPSA) is 54.4 Å². The molecule has 0 aliphatic rings. The standard InChI is InChI=1S/C17H22N2O2/c1-13-5-3-8-17(9-13)21-12-16(20)11-18-10-15-7-4-6-14(2)19-15/h3-9,16,18,20H,10-12H2,1-2H3. The number of aromatic nitrogens is 1. The first kappa shape index (κ1) is 15.5. The molecule has 0 fully saturated rings. The highest BCUT2D eigenvalue weighted by Crippen LogP contribution is 2.12. The highest BCUT2D eigenvalue weighted by Gasteiger charge is 2.05. The lowest BCUT2D eigenvalue weighted by Gasteiger charge is -2.13.